The number of nitrogen functional groups attached to an aromatic ring is 2. The van der Waals surface area contributed by atoms with Crippen molar-refractivity contribution in [2.75, 3.05) is 49.6 Å². The van der Waals surface area contributed by atoms with Gasteiger partial charge in [0, 0.05) is 30.8 Å². The molecule has 1 atom stereocenters. The maximum Gasteiger partial charge on any atom is 0.225 e. The molecule has 2 aliphatic rings. The van der Waals surface area contributed by atoms with Crippen LogP contribution >= 0.6 is 11.3 Å². The van der Waals surface area contributed by atoms with E-state index in [4.69, 9.17) is 20.9 Å². The molecule has 5 heterocycles. The van der Waals surface area contributed by atoms with Crippen LogP contribution < -0.4 is 21.5 Å². The van der Waals surface area contributed by atoms with Gasteiger partial charge in [-0.05, 0) is 19.4 Å². The monoisotopic (exact) mass is 470 g/mol. The Morgan fingerprint density at radius 3 is 3.00 bits per heavy atom. The van der Waals surface area contributed by atoms with Crippen LogP contribution in [0.3, 0.4) is 0 Å². The minimum absolute atomic E-state index is 0.00835. The first kappa shape index (κ1) is 21.6. The SMILES string of the molecule is Cc1sc2ncnc(NCCC(=O)N3CCOC[C@@]4(Cc5c(N)nc(N)nc5O4)C3)c2c1C. The Morgan fingerprint density at radius 1 is 1.30 bits per heavy atom. The minimum Gasteiger partial charge on any atom is -0.466 e. The van der Waals surface area contributed by atoms with Gasteiger partial charge in [-0.25, -0.2) is 9.97 Å². The van der Waals surface area contributed by atoms with E-state index >= 15 is 0 Å². The predicted molar refractivity (Wildman–Crippen MR) is 125 cm³/mol. The van der Waals surface area contributed by atoms with Gasteiger partial charge in [0.2, 0.25) is 17.7 Å². The van der Waals surface area contributed by atoms with Gasteiger partial charge in [-0.3, -0.25) is 4.79 Å². The van der Waals surface area contributed by atoms with Crippen molar-refractivity contribution >= 4 is 45.0 Å². The Bertz CT molecular complexity index is 1230. The first-order chi connectivity index (χ1) is 15.8. The van der Waals surface area contributed by atoms with Gasteiger partial charge in [0.15, 0.2) is 5.60 Å². The van der Waals surface area contributed by atoms with E-state index in [1.54, 1.807) is 22.6 Å². The van der Waals surface area contributed by atoms with Gasteiger partial charge in [-0.15, -0.1) is 11.3 Å². The van der Waals surface area contributed by atoms with Gasteiger partial charge in [-0.1, -0.05) is 0 Å². The van der Waals surface area contributed by atoms with Crippen LogP contribution in [0.5, 0.6) is 5.88 Å². The van der Waals surface area contributed by atoms with Crippen molar-refractivity contribution in [3.8, 4) is 5.88 Å². The summed E-state index contributed by atoms with van der Waals surface area (Å²) in [5.74, 6) is 1.50. The largest absolute Gasteiger partial charge is 0.466 e. The van der Waals surface area contributed by atoms with Gasteiger partial charge < -0.3 is 31.2 Å². The lowest BCUT2D eigenvalue weighted by Gasteiger charge is -2.31. The van der Waals surface area contributed by atoms with Crippen LogP contribution in [0, 0.1) is 13.8 Å². The number of anilines is 3. The maximum atomic E-state index is 13.1. The molecular formula is C21H26N8O3S. The van der Waals surface area contributed by atoms with Gasteiger partial charge in [0.05, 0.1) is 30.7 Å². The van der Waals surface area contributed by atoms with Crippen molar-refractivity contribution in [2.24, 2.45) is 0 Å². The molecule has 5 rings (SSSR count). The van der Waals surface area contributed by atoms with Crippen molar-refractivity contribution < 1.29 is 14.3 Å². The smallest absolute Gasteiger partial charge is 0.225 e. The summed E-state index contributed by atoms with van der Waals surface area (Å²) in [5.41, 5.74) is 12.9. The molecule has 3 aromatic heterocycles. The highest BCUT2D eigenvalue weighted by atomic mass is 32.1. The number of nitrogens with one attached hydrogen (secondary N) is 1. The first-order valence-corrected chi connectivity index (χ1v) is 11.6. The number of nitrogens with zero attached hydrogens (tertiary/aromatic N) is 5. The van der Waals surface area contributed by atoms with Crippen LogP contribution in [0.15, 0.2) is 6.33 Å². The molecule has 1 spiro atoms. The Balaban J connectivity index is 1.25. The molecule has 0 radical (unpaired) electrons. The van der Waals surface area contributed by atoms with E-state index in [9.17, 15) is 4.79 Å². The molecular weight excluding hydrogens is 444 g/mol. The lowest BCUT2D eigenvalue weighted by Crippen LogP contribution is -2.50. The average molecular weight is 471 g/mol. The molecule has 0 saturated carbocycles. The molecule has 0 bridgehead atoms. The second kappa shape index (κ2) is 8.27. The zero-order valence-corrected chi connectivity index (χ0v) is 19.4. The molecule has 1 fully saturated rings. The molecule has 5 N–H and O–H groups in total. The maximum absolute atomic E-state index is 13.1. The Hall–Kier alpha value is -3.25. The molecule has 0 aromatic carbocycles. The van der Waals surface area contributed by atoms with Crippen LogP contribution in [0.1, 0.15) is 22.4 Å². The quantitative estimate of drug-likeness (QED) is 0.508. The van der Waals surface area contributed by atoms with Gasteiger partial charge in [0.25, 0.3) is 0 Å². The van der Waals surface area contributed by atoms with E-state index in [0.717, 1.165) is 21.6 Å². The summed E-state index contributed by atoms with van der Waals surface area (Å²) in [5, 5.41) is 4.33. The standard InChI is InChI=1S/C21H26N8O3S/c1-11-12(2)33-19-15(11)17(25-10-26-19)24-4-3-14(30)29-5-6-31-9-21(8-29)7-13-16(22)27-20(23)28-18(13)32-21/h10H,3-9H2,1-2H3,(H,24,25,26)(H4,22,23,27,28)/t21-/m1/s1. The lowest BCUT2D eigenvalue weighted by atomic mass is 9.98. The summed E-state index contributed by atoms with van der Waals surface area (Å²) in [7, 11) is 0. The van der Waals surface area contributed by atoms with E-state index in [0.29, 0.717) is 63.0 Å². The second-order valence-electron chi connectivity index (χ2n) is 8.44. The summed E-state index contributed by atoms with van der Waals surface area (Å²) >= 11 is 1.64. The predicted octanol–water partition coefficient (Wildman–Crippen LogP) is 1.30. The van der Waals surface area contributed by atoms with Crippen LogP contribution in [0.25, 0.3) is 10.2 Å². The molecule has 12 heteroatoms. The molecule has 0 unspecified atom stereocenters. The third-order valence-electron chi connectivity index (χ3n) is 6.13. The van der Waals surface area contributed by atoms with E-state index < -0.39 is 5.60 Å². The normalized spacial score (nSPS) is 20.0. The molecule has 0 aliphatic carbocycles. The number of ether oxygens (including phenoxy) is 2. The van der Waals surface area contributed by atoms with Crippen LogP contribution in [0.2, 0.25) is 0 Å². The number of hydrogen-bond donors (Lipinski definition) is 3. The highest BCUT2D eigenvalue weighted by Crippen LogP contribution is 2.38. The molecule has 2 aliphatic heterocycles. The number of thiophene rings is 1. The zero-order valence-electron chi connectivity index (χ0n) is 18.6. The lowest BCUT2D eigenvalue weighted by molar-refractivity contribution is -0.132. The fourth-order valence-corrected chi connectivity index (χ4v) is 5.36. The van der Waals surface area contributed by atoms with Gasteiger partial charge in [-0.2, -0.15) is 9.97 Å². The number of nitrogens with two attached hydrogens (primary N) is 2. The highest BCUT2D eigenvalue weighted by Gasteiger charge is 2.45. The average Bonchev–Trinajstić information content (AvgIpc) is 3.18. The highest BCUT2D eigenvalue weighted by molar-refractivity contribution is 7.18. The van der Waals surface area contributed by atoms with Crippen LogP contribution in [-0.2, 0) is 16.0 Å². The van der Waals surface area contributed by atoms with Crippen LogP contribution in [-0.4, -0.2) is 69.2 Å². The van der Waals surface area contributed by atoms with Crippen molar-refractivity contribution in [1.82, 2.24) is 24.8 Å². The minimum atomic E-state index is -0.747. The molecule has 33 heavy (non-hydrogen) atoms. The van der Waals surface area contributed by atoms with Crippen molar-refractivity contribution in [3.05, 3.63) is 22.3 Å². The molecule has 1 saturated heterocycles. The fraction of sp³-hybridized carbons (Fsp3) is 0.476. The number of fused-ring (bicyclic) bond motifs is 2. The van der Waals surface area contributed by atoms with Crippen molar-refractivity contribution in [2.45, 2.75) is 32.3 Å². The van der Waals surface area contributed by atoms with Crippen molar-refractivity contribution in [3.63, 3.8) is 0 Å². The van der Waals surface area contributed by atoms with E-state index in [1.807, 2.05) is 0 Å². The summed E-state index contributed by atoms with van der Waals surface area (Å²) in [6.07, 6.45) is 2.33. The summed E-state index contributed by atoms with van der Waals surface area (Å²) in [4.78, 5) is 34.0. The summed E-state index contributed by atoms with van der Waals surface area (Å²) in [6, 6.07) is 0. The molecule has 3 aromatic rings. The molecule has 11 nitrogen and oxygen atoms in total. The van der Waals surface area contributed by atoms with Crippen molar-refractivity contribution in [1.29, 1.82) is 0 Å². The van der Waals surface area contributed by atoms with Crippen LogP contribution in [0.4, 0.5) is 17.6 Å². The number of carbonyl (C=O) groups excluding carboxylic acids is 1. The first-order valence-electron chi connectivity index (χ1n) is 10.8. The number of amides is 1. The third-order valence-corrected chi connectivity index (χ3v) is 7.24. The second-order valence-corrected chi connectivity index (χ2v) is 9.65. The fourth-order valence-electron chi connectivity index (χ4n) is 4.36. The van der Waals surface area contributed by atoms with E-state index in [-0.39, 0.29) is 11.9 Å². The third kappa shape index (κ3) is 4.00. The number of aryl methyl sites for hydroxylation is 2. The Labute approximate surface area is 194 Å². The number of carbonyl (C=O) groups is 1. The van der Waals surface area contributed by atoms with Gasteiger partial charge in [0.1, 0.15) is 22.8 Å². The molecule has 174 valence electrons. The van der Waals surface area contributed by atoms with E-state index in [2.05, 4.69) is 39.1 Å². The zero-order chi connectivity index (χ0) is 23.2. The number of aromatic nitrogens is 4. The number of rotatable bonds is 4. The van der Waals surface area contributed by atoms with Gasteiger partial charge >= 0.3 is 0 Å². The van der Waals surface area contributed by atoms with E-state index in [1.165, 1.54) is 4.88 Å². The molecule has 1 amide bonds. The number of hydrogen-bond acceptors (Lipinski definition) is 11. The summed E-state index contributed by atoms with van der Waals surface area (Å²) < 4.78 is 11.9. The Kier molecular flexibility index (Phi) is 5.41. The summed E-state index contributed by atoms with van der Waals surface area (Å²) in [6.45, 7) is 6.23. The Morgan fingerprint density at radius 2 is 2.15 bits per heavy atom. The topological polar surface area (TPSA) is 154 Å².